The van der Waals surface area contributed by atoms with Crippen LogP contribution in [0.15, 0.2) is 30.5 Å². The number of alkyl halides is 1. The SMILES string of the molecule is Cc1cc(NC(=O)OC(C)(C)C)ncc1-c1cc(NC(=O)OC(C)(C)C)c2nnc(NC(=O)[C@@H]3C[C@@H]3F)cc2c1. The van der Waals surface area contributed by atoms with Gasteiger partial charge in [0.1, 0.15) is 28.7 Å². The molecular formula is C28H33FN6O5. The van der Waals surface area contributed by atoms with Gasteiger partial charge in [0.2, 0.25) is 5.91 Å². The summed E-state index contributed by atoms with van der Waals surface area (Å²) in [6.45, 7) is 12.4. The highest BCUT2D eigenvalue weighted by atomic mass is 19.1. The lowest BCUT2D eigenvalue weighted by Crippen LogP contribution is -2.27. The number of pyridine rings is 1. The third-order valence-electron chi connectivity index (χ3n) is 5.68. The third kappa shape index (κ3) is 7.39. The van der Waals surface area contributed by atoms with E-state index in [0.29, 0.717) is 33.5 Å². The molecule has 2 aromatic heterocycles. The summed E-state index contributed by atoms with van der Waals surface area (Å²) in [7, 11) is 0. The number of hydrogen-bond donors (Lipinski definition) is 3. The number of anilines is 3. The minimum Gasteiger partial charge on any atom is -0.444 e. The number of nitrogens with one attached hydrogen (secondary N) is 3. The van der Waals surface area contributed by atoms with Gasteiger partial charge in [-0.25, -0.2) is 19.0 Å². The third-order valence-corrected chi connectivity index (χ3v) is 5.68. The Balaban J connectivity index is 1.69. The molecule has 11 nitrogen and oxygen atoms in total. The van der Waals surface area contributed by atoms with Crippen LogP contribution in [0.3, 0.4) is 0 Å². The number of benzene rings is 1. The molecule has 40 heavy (non-hydrogen) atoms. The van der Waals surface area contributed by atoms with Gasteiger partial charge in [-0.2, -0.15) is 0 Å². The van der Waals surface area contributed by atoms with E-state index < -0.39 is 41.4 Å². The zero-order valence-corrected chi connectivity index (χ0v) is 23.5. The molecule has 1 aliphatic carbocycles. The van der Waals surface area contributed by atoms with Crippen molar-refractivity contribution in [2.45, 2.75) is 72.3 Å². The molecule has 3 amide bonds. The number of carbonyl (C=O) groups excluding carboxylic acids is 3. The van der Waals surface area contributed by atoms with E-state index in [4.69, 9.17) is 9.47 Å². The zero-order chi connectivity index (χ0) is 29.4. The summed E-state index contributed by atoms with van der Waals surface area (Å²) in [5.41, 5.74) is 1.46. The van der Waals surface area contributed by atoms with Gasteiger partial charge in [-0.1, -0.05) is 0 Å². The smallest absolute Gasteiger partial charge is 0.413 e. The Labute approximate surface area is 231 Å². The van der Waals surface area contributed by atoms with Gasteiger partial charge < -0.3 is 14.8 Å². The monoisotopic (exact) mass is 552 g/mol. The predicted molar refractivity (Wildman–Crippen MR) is 149 cm³/mol. The van der Waals surface area contributed by atoms with Crippen LogP contribution in [-0.4, -0.2) is 50.6 Å². The number of ether oxygens (including phenoxy) is 2. The van der Waals surface area contributed by atoms with Crippen LogP contribution >= 0.6 is 0 Å². The number of carbonyl (C=O) groups is 3. The van der Waals surface area contributed by atoms with Crippen LogP contribution in [0.2, 0.25) is 0 Å². The molecule has 2 atom stereocenters. The lowest BCUT2D eigenvalue weighted by atomic mass is 10.00. The molecule has 212 valence electrons. The molecule has 1 aromatic carbocycles. The predicted octanol–water partition coefficient (Wildman–Crippen LogP) is 5.99. The first-order valence-electron chi connectivity index (χ1n) is 12.8. The molecule has 0 unspecified atom stereocenters. The Bertz CT molecular complexity index is 1480. The van der Waals surface area contributed by atoms with Gasteiger partial charge in [-0.15, -0.1) is 10.2 Å². The van der Waals surface area contributed by atoms with Crippen LogP contribution in [0.25, 0.3) is 22.0 Å². The summed E-state index contributed by atoms with van der Waals surface area (Å²) >= 11 is 0. The topological polar surface area (TPSA) is 144 Å². The molecule has 2 heterocycles. The second kappa shape index (κ2) is 10.7. The maximum Gasteiger partial charge on any atom is 0.413 e. The molecule has 0 radical (unpaired) electrons. The van der Waals surface area contributed by atoms with Crippen molar-refractivity contribution in [2.24, 2.45) is 5.92 Å². The molecule has 0 aliphatic heterocycles. The Morgan fingerprint density at radius 3 is 2.08 bits per heavy atom. The maximum absolute atomic E-state index is 13.3. The molecule has 3 N–H and O–H groups in total. The van der Waals surface area contributed by atoms with Crippen molar-refractivity contribution in [2.75, 3.05) is 16.0 Å². The normalized spacial score (nSPS) is 16.7. The maximum atomic E-state index is 13.3. The van der Waals surface area contributed by atoms with Gasteiger partial charge in [0, 0.05) is 17.1 Å². The van der Waals surface area contributed by atoms with E-state index in [9.17, 15) is 18.8 Å². The van der Waals surface area contributed by atoms with Gasteiger partial charge >= 0.3 is 12.2 Å². The fourth-order valence-electron chi connectivity index (χ4n) is 3.87. The number of aryl methyl sites for hydroxylation is 1. The van der Waals surface area contributed by atoms with E-state index in [1.54, 1.807) is 72.0 Å². The molecule has 0 spiro atoms. The number of halogens is 1. The van der Waals surface area contributed by atoms with Crippen molar-refractivity contribution in [3.05, 3.63) is 36.0 Å². The molecule has 1 saturated carbocycles. The van der Waals surface area contributed by atoms with Crippen LogP contribution < -0.4 is 16.0 Å². The average Bonchev–Trinajstić information content (AvgIpc) is 3.53. The Hall–Kier alpha value is -4.35. The van der Waals surface area contributed by atoms with E-state index in [-0.39, 0.29) is 12.2 Å². The lowest BCUT2D eigenvalue weighted by Gasteiger charge is -2.20. The summed E-state index contributed by atoms with van der Waals surface area (Å²) in [6.07, 6.45) is -0.675. The molecule has 1 fully saturated rings. The van der Waals surface area contributed by atoms with Crippen LogP contribution in [0.4, 0.5) is 31.3 Å². The van der Waals surface area contributed by atoms with Crippen molar-refractivity contribution >= 4 is 46.3 Å². The number of hydrogen-bond acceptors (Lipinski definition) is 8. The van der Waals surface area contributed by atoms with Crippen molar-refractivity contribution in [1.82, 2.24) is 15.2 Å². The zero-order valence-electron chi connectivity index (χ0n) is 23.5. The summed E-state index contributed by atoms with van der Waals surface area (Å²) in [6, 6.07) is 6.81. The second-order valence-electron chi connectivity index (χ2n) is 11.7. The summed E-state index contributed by atoms with van der Waals surface area (Å²) in [4.78, 5) is 41.4. The minimum atomic E-state index is -1.15. The largest absolute Gasteiger partial charge is 0.444 e. The van der Waals surface area contributed by atoms with Gasteiger partial charge in [0.25, 0.3) is 0 Å². The first-order valence-corrected chi connectivity index (χ1v) is 12.8. The lowest BCUT2D eigenvalue weighted by molar-refractivity contribution is -0.117. The highest BCUT2D eigenvalue weighted by Gasteiger charge is 2.43. The Morgan fingerprint density at radius 2 is 1.50 bits per heavy atom. The summed E-state index contributed by atoms with van der Waals surface area (Å²) in [5, 5.41) is 16.8. The Morgan fingerprint density at radius 1 is 0.875 bits per heavy atom. The van der Waals surface area contributed by atoms with E-state index >= 15 is 0 Å². The molecule has 1 aliphatic rings. The van der Waals surface area contributed by atoms with Crippen LogP contribution in [0.5, 0.6) is 0 Å². The second-order valence-corrected chi connectivity index (χ2v) is 11.7. The average molecular weight is 553 g/mol. The van der Waals surface area contributed by atoms with Crippen LogP contribution in [0.1, 0.15) is 53.5 Å². The fourth-order valence-corrected chi connectivity index (χ4v) is 3.87. The van der Waals surface area contributed by atoms with Gasteiger partial charge in [-0.05, 0) is 90.3 Å². The quantitative estimate of drug-likeness (QED) is 0.350. The molecule has 0 saturated heterocycles. The van der Waals surface area contributed by atoms with Gasteiger partial charge in [0.05, 0.1) is 11.6 Å². The van der Waals surface area contributed by atoms with Crippen molar-refractivity contribution in [1.29, 1.82) is 0 Å². The molecule has 4 rings (SSSR count). The van der Waals surface area contributed by atoms with Gasteiger partial charge in [0.15, 0.2) is 5.82 Å². The highest BCUT2D eigenvalue weighted by Crippen LogP contribution is 2.36. The van der Waals surface area contributed by atoms with Crippen LogP contribution in [0, 0.1) is 12.8 Å². The standard InChI is InChI=1S/C28H33FN6O5/c1-14-8-21(33-26(38)40-28(5,6)7)30-13-18(14)15-9-16-11-22(32-24(36)17-12-19(17)29)34-35-23(16)20(10-15)31-25(37)39-27(2,3)4/h8-11,13,17,19H,12H2,1-7H3,(H,31,37)(H,30,33,38)(H,32,34,36)/t17-,19+/m1/s1. The first kappa shape index (κ1) is 28.7. The molecule has 3 aromatic rings. The summed E-state index contributed by atoms with van der Waals surface area (Å²) < 4.78 is 24.0. The highest BCUT2D eigenvalue weighted by molar-refractivity contribution is 6.02. The van der Waals surface area contributed by atoms with E-state index in [1.807, 2.05) is 6.92 Å². The summed E-state index contributed by atoms with van der Waals surface area (Å²) in [5.74, 6) is -0.679. The Kier molecular flexibility index (Phi) is 7.64. The van der Waals surface area contributed by atoms with Crippen LogP contribution in [-0.2, 0) is 14.3 Å². The van der Waals surface area contributed by atoms with E-state index in [0.717, 1.165) is 5.56 Å². The first-order chi connectivity index (χ1) is 18.6. The molecular weight excluding hydrogens is 519 g/mol. The molecule has 12 heteroatoms. The van der Waals surface area contributed by atoms with Crippen molar-refractivity contribution in [3.8, 4) is 11.1 Å². The van der Waals surface area contributed by atoms with Crippen molar-refractivity contribution < 1.29 is 28.2 Å². The number of amides is 3. The van der Waals surface area contributed by atoms with E-state index in [1.165, 1.54) is 0 Å². The van der Waals surface area contributed by atoms with E-state index in [2.05, 4.69) is 31.1 Å². The minimum absolute atomic E-state index is 0.156. The van der Waals surface area contributed by atoms with Crippen molar-refractivity contribution in [3.63, 3.8) is 0 Å². The number of aromatic nitrogens is 3. The fraction of sp³-hybridized carbons (Fsp3) is 0.429. The number of nitrogens with zero attached hydrogens (tertiary/aromatic N) is 3. The number of rotatable bonds is 5. The molecule has 0 bridgehead atoms. The number of fused-ring (bicyclic) bond motifs is 1. The van der Waals surface area contributed by atoms with Gasteiger partial charge in [-0.3, -0.25) is 15.4 Å².